The molecule has 1 aromatic carbocycles. The smallest absolute Gasteiger partial charge is 0.219 e. The zero-order chi connectivity index (χ0) is 21.3. The molecule has 6 nitrogen and oxygen atoms in total. The second-order valence-corrected chi connectivity index (χ2v) is 9.48. The number of benzene rings is 1. The van der Waals surface area contributed by atoms with Crippen LogP contribution in [-0.2, 0) is 4.79 Å². The number of nitrogens with two attached hydrogens (primary N) is 1. The van der Waals surface area contributed by atoms with Gasteiger partial charge in [-0.2, -0.15) is 5.26 Å². The molecule has 1 atom stereocenters. The summed E-state index contributed by atoms with van der Waals surface area (Å²) < 4.78 is 0.775. The molecule has 9 heteroatoms. The molecule has 1 aromatic heterocycles. The molecule has 0 fully saturated rings. The molecule has 0 saturated heterocycles. The minimum absolute atomic E-state index is 0.0252. The Bertz CT molecular complexity index is 1130. The number of hydrogen-bond donors (Lipinski definition) is 1. The van der Waals surface area contributed by atoms with E-state index in [4.69, 9.17) is 17.3 Å². The van der Waals surface area contributed by atoms with Gasteiger partial charge in [-0.25, -0.2) is 0 Å². The molecule has 2 aliphatic rings. The van der Waals surface area contributed by atoms with Crippen LogP contribution in [0.5, 0.6) is 0 Å². The summed E-state index contributed by atoms with van der Waals surface area (Å²) in [6, 6.07) is 9.48. The van der Waals surface area contributed by atoms with E-state index < -0.39 is 5.92 Å². The van der Waals surface area contributed by atoms with Crippen LogP contribution < -0.4 is 10.6 Å². The molecule has 0 spiro atoms. The van der Waals surface area contributed by atoms with E-state index in [1.165, 1.54) is 23.1 Å². The lowest BCUT2D eigenvalue weighted by molar-refractivity contribution is -0.116. The number of rotatable bonds is 5. The van der Waals surface area contributed by atoms with Crippen LogP contribution in [0.15, 0.2) is 63.9 Å². The summed E-state index contributed by atoms with van der Waals surface area (Å²) in [4.78, 5) is 14.8. The van der Waals surface area contributed by atoms with Crippen LogP contribution in [0.1, 0.15) is 30.7 Å². The monoisotopic (exact) mass is 455 g/mol. The number of allylic oxidation sites excluding steroid dienone is 3. The fraction of sp³-hybridized carbons (Fsp3) is 0.238. The fourth-order valence-electron chi connectivity index (χ4n) is 3.81. The number of carbonyl (C=O) groups excluding carboxylic acids is 1. The van der Waals surface area contributed by atoms with E-state index in [1.807, 2.05) is 12.1 Å². The summed E-state index contributed by atoms with van der Waals surface area (Å²) in [6.07, 6.45) is 3.64. The molecular weight excluding hydrogens is 438 g/mol. The largest absolute Gasteiger partial charge is 0.384 e. The van der Waals surface area contributed by atoms with Gasteiger partial charge >= 0.3 is 0 Å². The first kappa shape index (κ1) is 20.7. The van der Waals surface area contributed by atoms with Crippen LogP contribution in [-0.4, -0.2) is 21.7 Å². The number of ketones is 1. The van der Waals surface area contributed by atoms with Gasteiger partial charge in [0.2, 0.25) is 5.13 Å². The lowest BCUT2D eigenvalue weighted by Crippen LogP contribution is -2.38. The molecule has 0 saturated carbocycles. The Balaban J connectivity index is 1.88. The summed E-state index contributed by atoms with van der Waals surface area (Å²) in [7, 11) is 0. The maximum absolute atomic E-state index is 13.1. The van der Waals surface area contributed by atoms with Crippen molar-refractivity contribution in [2.75, 3.05) is 10.7 Å². The van der Waals surface area contributed by atoms with Gasteiger partial charge in [-0.1, -0.05) is 52.9 Å². The molecule has 1 aliphatic carbocycles. The third-order valence-electron chi connectivity index (χ3n) is 5.01. The molecular formula is C21H18ClN5OS2. The van der Waals surface area contributed by atoms with E-state index in [2.05, 4.69) is 22.8 Å². The van der Waals surface area contributed by atoms with Crippen molar-refractivity contribution in [2.24, 2.45) is 5.73 Å². The molecule has 0 radical (unpaired) electrons. The standard InChI is InChI=1S/C21H18ClN5OS2/c1-2-9-29-21-26-25-20(30-21)27-15-7-4-8-16(28)18(15)17(14(11-23)19(27)24)12-5-3-6-13(22)10-12/h2-3,5-6,10,17H,1,4,7-9,24H2. The number of hydrogen-bond acceptors (Lipinski definition) is 8. The van der Waals surface area contributed by atoms with Crippen molar-refractivity contribution in [3.63, 3.8) is 0 Å². The highest BCUT2D eigenvalue weighted by atomic mass is 35.5. The molecule has 4 rings (SSSR count). The number of halogens is 1. The van der Waals surface area contributed by atoms with Crippen molar-refractivity contribution >= 4 is 45.6 Å². The zero-order valence-electron chi connectivity index (χ0n) is 16.0. The third kappa shape index (κ3) is 3.65. The van der Waals surface area contributed by atoms with Gasteiger partial charge in [-0.05, 0) is 30.5 Å². The highest BCUT2D eigenvalue weighted by Gasteiger charge is 2.41. The number of nitrogens with zero attached hydrogens (tertiary/aromatic N) is 4. The van der Waals surface area contributed by atoms with Crippen LogP contribution >= 0.6 is 34.7 Å². The van der Waals surface area contributed by atoms with Gasteiger partial charge in [0, 0.05) is 28.5 Å². The highest BCUT2D eigenvalue weighted by molar-refractivity contribution is 8.01. The van der Waals surface area contributed by atoms with Crippen LogP contribution in [0.3, 0.4) is 0 Å². The Morgan fingerprint density at radius 2 is 2.27 bits per heavy atom. The van der Waals surface area contributed by atoms with E-state index in [0.29, 0.717) is 39.9 Å². The lowest BCUT2D eigenvalue weighted by atomic mass is 9.76. The minimum atomic E-state index is -0.532. The van der Waals surface area contributed by atoms with E-state index in [1.54, 1.807) is 23.1 Å². The van der Waals surface area contributed by atoms with Crippen molar-refractivity contribution in [1.82, 2.24) is 10.2 Å². The SMILES string of the molecule is C=CCSc1nnc(N2C(N)=C(C#N)C(c3cccc(Cl)c3)C3=C2CCCC3=O)s1. The summed E-state index contributed by atoms with van der Waals surface area (Å²) in [5.74, 6) is 0.493. The summed E-state index contributed by atoms with van der Waals surface area (Å²) in [6.45, 7) is 3.72. The Morgan fingerprint density at radius 3 is 3.00 bits per heavy atom. The average Bonchev–Trinajstić information content (AvgIpc) is 3.20. The molecule has 30 heavy (non-hydrogen) atoms. The molecule has 1 aliphatic heterocycles. The number of anilines is 1. The lowest BCUT2D eigenvalue weighted by Gasteiger charge is -2.38. The number of aromatic nitrogens is 2. The van der Waals surface area contributed by atoms with E-state index >= 15 is 0 Å². The fourth-order valence-corrected chi connectivity index (χ4v) is 5.65. The molecule has 0 amide bonds. The third-order valence-corrected chi connectivity index (χ3v) is 7.28. The summed E-state index contributed by atoms with van der Waals surface area (Å²) in [5, 5.41) is 19.6. The van der Waals surface area contributed by atoms with E-state index in [9.17, 15) is 10.1 Å². The van der Waals surface area contributed by atoms with Crippen LogP contribution in [0.2, 0.25) is 5.02 Å². The molecule has 2 aromatic rings. The van der Waals surface area contributed by atoms with Gasteiger partial charge in [0.1, 0.15) is 5.82 Å². The number of carbonyl (C=O) groups is 1. The average molecular weight is 456 g/mol. The van der Waals surface area contributed by atoms with Crippen LogP contribution in [0.25, 0.3) is 0 Å². The molecule has 0 bridgehead atoms. The second kappa shape index (κ2) is 8.64. The first-order valence-electron chi connectivity index (χ1n) is 9.34. The maximum atomic E-state index is 13.1. The number of Topliss-reactive ketones (excluding diaryl/α,β-unsaturated/α-hetero) is 1. The summed E-state index contributed by atoms with van der Waals surface area (Å²) in [5.41, 5.74) is 9.01. The Labute approximate surface area is 187 Å². The minimum Gasteiger partial charge on any atom is -0.384 e. The van der Waals surface area contributed by atoms with Crippen molar-refractivity contribution in [3.05, 3.63) is 70.2 Å². The normalized spacial score (nSPS) is 19.0. The summed E-state index contributed by atoms with van der Waals surface area (Å²) >= 11 is 9.11. The zero-order valence-corrected chi connectivity index (χ0v) is 18.4. The van der Waals surface area contributed by atoms with E-state index in [-0.39, 0.29) is 11.6 Å². The molecule has 2 heterocycles. The highest BCUT2D eigenvalue weighted by Crippen LogP contribution is 2.47. The van der Waals surface area contributed by atoms with Gasteiger partial charge < -0.3 is 5.73 Å². The van der Waals surface area contributed by atoms with Gasteiger partial charge in [-0.15, -0.1) is 16.8 Å². The van der Waals surface area contributed by atoms with Gasteiger partial charge in [-0.3, -0.25) is 9.69 Å². The molecule has 1 unspecified atom stereocenters. The second-order valence-electron chi connectivity index (χ2n) is 6.82. The quantitative estimate of drug-likeness (QED) is 0.512. The molecule has 152 valence electrons. The first-order valence-corrected chi connectivity index (χ1v) is 11.5. The first-order chi connectivity index (χ1) is 14.5. The Kier molecular flexibility index (Phi) is 5.95. The Morgan fingerprint density at radius 1 is 1.43 bits per heavy atom. The van der Waals surface area contributed by atoms with Crippen molar-refractivity contribution in [3.8, 4) is 6.07 Å². The van der Waals surface area contributed by atoms with Gasteiger partial charge in [0.15, 0.2) is 10.1 Å². The predicted octanol–water partition coefficient (Wildman–Crippen LogP) is 4.77. The van der Waals surface area contributed by atoms with Crippen molar-refractivity contribution < 1.29 is 4.79 Å². The Hall–Kier alpha value is -2.60. The van der Waals surface area contributed by atoms with Crippen molar-refractivity contribution in [1.29, 1.82) is 5.26 Å². The molecule has 2 N–H and O–H groups in total. The topological polar surface area (TPSA) is 95.9 Å². The van der Waals surface area contributed by atoms with Crippen molar-refractivity contribution in [2.45, 2.75) is 29.5 Å². The predicted molar refractivity (Wildman–Crippen MR) is 120 cm³/mol. The van der Waals surface area contributed by atoms with Gasteiger partial charge in [0.05, 0.1) is 17.6 Å². The van der Waals surface area contributed by atoms with E-state index in [0.717, 1.165) is 22.0 Å². The number of thioether (sulfide) groups is 1. The van der Waals surface area contributed by atoms with Crippen LogP contribution in [0, 0.1) is 11.3 Å². The maximum Gasteiger partial charge on any atom is 0.219 e. The van der Waals surface area contributed by atoms with Gasteiger partial charge in [0.25, 0.3) is 0 Å². The number of nitriles is 1. The van der Waals surface area contributed by atoms with Crippen LogP contribution in [0.4, 0.5) is 5.13 Å².